The molecule has 1 aliphatic carbocycles. The normalized spacial score (nSPS) is 21.7. The molecule has 43 heavy (non-hydrogen) atoms. The summed E-state index contributed by atoms with van der Waals surface area (Å²) in [5.41, 5.74) is 9.10. The molecular formula is C35H51N5O3. The molecule has 3 aliphatic heterocycles. The van der Waals surface area contributed by atoms with E-state index in [1.165, 1.54) is 71.0 Å². The smallest absolute Gasteiger partial charge is 0.150 e. The number of hydrogen-bond donors (Lipinski definition) is 3. The molecule has 0 radical (unpaired) electrons. The number of anilines is 1. The number of aldehydes is 1. The van der Waals surface area contributed by atoms with Gasteiger partial charge in [0.05, 0.1) is 25.0 Å². The Bertz CT molecular complexity index is 1170. The zero-order valence-corrected chi connectivity index (χ0v) is 26.0. The van der Waals surface area contributed by atoms with Crippen molar-refractivity contribution in [1.82, 2.24) is 15.1 Å². The van der Waals surface area contributed by atoms with Gasteiger partial charge in [-0.1, -0.05) is 25.7 Å². The van der Waals surface area contributed by atoms with Crippen LogP contribution in [0.15, 0.2) is 42.5 Å². The topological polar surface area (TPSA) is 104 Å². The fraction of sp³-hybridized carbons (Fsp3) is 0.600. The van der Waals surface area contributed by atoms with Gasteiger partial charge >= 0.3 is 0 Å². The molecule has 234 valence electrons. The number of ether oxygens (including phenoxy) is 2. The third kappa shape index (κ3) is 8.04. The van der Waals surface area contributed by atoms with Gasteiger partial charge in [0, 0.05) is 47.6 Å². The first-order valence-electron chi connectivity index (χ1n) is 16.4. The maximum absolute atomic E-state index is 11.0. The maximum atomic E-state index is 11.0. The zero-order valence-electron chi connectivity index (χ0n) is 26.0. The number of nitrogens with one attached hydrogen (secondary N) is 2. The Balaban J connectivity index is 0.000000207. The summed E-state index contributed by atoms with van der Waals surface area (Å²) in [5.74, 6) is 0.816. The number of hydrogen-bond acceptors (Lipinski definition) is 8. The van der Waals surface area contributed by atoms with Gasteiger partial charge in [-0.3, -0.25) is 20.0 Å². The van der Waals surface area contributed by atoms with E-state index < -0.39 is 0 Å². The van der Waals surface area contributed by atoms with Gasteiger partial charge in [-0.05, 0) is 101 Å². The molecule has 2 aromatic carbocycles. The Labute approximate surface area is 257 Å². The fourth-order valence-electron chi connectivity index (χ4n) is 7.22. The van der Waals surface area contributed by atoms with Gasteiger partial charge in [0.15, 0.2) is 0 Å². The first-order valence-corrected chi connectivity index (χ1v) is 16.4. The summed E-state index contributed by atoms with van der Waals surface area (Å²) in [7, 11) is 2.11. The summed E-state index contributed by atoms with van der Waals surface area (Å²) < 4.78 is 11.4. The van der Waals surface area contributed by atoms with Crippen LogP contribution in [0.2, 0.25) is 0 Å². The van der Waals surface area contributed by atoms with Crippen molar-refractivity contribution in [1.29, 1.82) is 5.41 Å². The van der Waals surface area contributed by atoms with Crippen LogP contribution in [-0.2, 0) is 4.74 Å². The minimum Gasteiger partial charge on any atom is -0.490 e. The van der Waals surface area contributed by atoms with Gasteiger partial charge in [0.2, 0.25) is 0 Å². The van der Waals surface area contributed by atoms with Crippen molar-refractivity contribution in [2.75, 3.05) is 58.7 Å². The third-order valence-electron chi connectivity index (χ3n) is 9.86. The zero-order chi connectivity index (χ0) is 30.1. The molecule has 3 heterocycles. The van der Waals surface area contributed by atoms with Crippen LogP contribution in [0.1, 0.15) is 85.7 Å². The van der Waals surface area contributed by atoms with Crippen LogP contribution in [0.4, 0.5) is 5.69 Å². The van der Waals surface area contributed by atoms with Crippen molar-refractivity contribution in [3.63, 3.8) is 0 Å². The predicted octanol–water partition coefficient (Wildman–Crippen LogP) is 5.13. The number of likely N-dealkylation sites (tertiary alicyclic amines) is 2. The molecule has 4 fully saturated rings. The first kappa shape index (κ1) is 31.6. The largest absolute Gasteiger partial charge is 0.490 e. The monoisotopic (exact) mass is 589 g/mol. The second-order valence-corrected chi connectivity index (χ2v) is 12.8. The first-order chi connectivity index (χ1) is 21.0. The molecule has 4 N–H and O–H groups in total. The molecule has 4 aliphatic rings. The highest BCUT2D eigenvalue weighted by Gasteiger charge is 2.37. The molecule has 8 heteroatoms. The molecule has 0 atom stereocenters. The second-order valence-electron chi connectivity index (χ2n) is 12.8. The van der Waals surface area contributed by atoms with Gasteiger partial charge in [0.25, 0.3) is 0 Å². The van der Waals surface area contributed by atoms with Crippen LogP contribution < -0.4 is 15.8 Å². The summed E-state index contributed by atoms with van der Waals surface area (Å²) >= 11 is 0. The number of carbonyl (C=O) groups is 1. The molecule has 2 aromatic rings. The molecule has 0 spiro atoms. The Kier molecular flexibility index (Phi) is 11.2. The number of nitrogens with zero attached hydrogens (tertiary/aromatic N) is 2. The lowest BCUT2D eigenvalue weighted by atomic mass is 9.79. The van der Waals surface area contributed by atoms with Crippen molar-refractivity contribution in [2.45, 2.75) is 81.9 Å². The highest BCUT2D eigenvalue weighted by Crippen LogP contribution is 2.35. The average Bonchev–Trinajstić information content (AvgIpc) is 3.03. The van der Waals surface area contributed by atoms with E-state index in [0.29, 0.717) is 34.1 Å². The Morgan fingerprint density at radius 3 is 2.28 bits per heavy atom. The fourth-order valence-corrected chi connectivity index (χ4v) is 7.22. The van der Waals surface area contributed by atoms with E-state index in [9.17, 15) is 4.79 Å². The second kappa shape index (κ2) is 15.3. The molecule has 6 rings (SSSR count). The number of carbonyl (C=O) groups excluding carboxylic acids is 1. The van der Waals surface area contributed by atoms with Crippen LogP contribution in [0.5, 0.6) is 5.75 Å². The molecule has 0 unspecified atom stereocenters. The molecule has 3 saturated heterocycles. The van der Waals surface area contributed by atoms with Crippen molar-refractivity contribution < 1.29 is 14.3 Å². The van der Waals surface area contributed by atoms with Crippen LogP contribution in [0.3, 0.4) is 0 Å². The van der Waals surface area contributed by atoms with E-state index in [1.54, 1.807) is 18.2 Å². The number of likely N-dealkylation sites (N-methyl/N-ethyl adjacent to an activating group) is 1. The maximum Gasteiger partial charge on any atom is 0.150 e. The average molecular weight is 590 g/mol. The third-order valence-corrected chi connectivity index (χ3v) is 9.86. The van der Waals surface area contributed by atoms with Crippen LogP contribution in [0.25, 0.3) is 0 Å². The molecule has 0 aromatic heterocycles. The number of rotatable bonds is 9. The van der Waals surface area contributed by atoms with Gasteiger partial charge in [-0.15, -0.1) is 0 Å². The Morgan fingerprint density at radius 2 is 1.67 bits per heavy atom. The van der Waals surface area contributed by atoms with Gasteiger partial charge in [-0.2, -0.15) is 0 Å². The quantitative estimate of drug-likeness (QED) is 0.212. The van der Waals surface area contributed by atoms with E-state index in [-0.39, 0.29) is 6.10 Å². The van der Waals surface area contributed by atoms with Gasteiger partial charge in [-0.25, -0.2) is 0 Å². The minimum absolute atomic E-state index is 0.225. The lowest BCUT2D eigenvalue weighted by molar-refractivity contribution is -0.0778. The Morgan fingerprint density at radius 1 is 1.00 bits per heavy atom. The Hall–Kier alpha value is -2.78. The SMILES string of the molecule is CNCC1(N2CCCCC2)CCCCC1.N=C(c1ccc(OC2CCN(C3COC3)CC2)cc1)c1cc(C=O)ccc1N. The molecular weight excluding hydrogens is 538 g/mol. The minimum atomic E-state index is 0.225. The lowest BCUT2D eigenvalue weighted by Crippen LogP contribution is -2.57. The predicted molar refractivity (Wildman–Crippen MR) is 174 cm³/mol. The van der Waals surface area contributed by atoms with Crippen molar-refractivity contribution in [2.24, 2.45) is 0 Å². The molecule has 8 nitrogen and oxygen atoms in total. The number of nitrogens with two attached hydrogens (primary N) is 1. The standard InChI is InChI=1S/C22H25N3O3.C13H26N2/c23-21-6-1-15(12-26)11-20(21)22(24)16-2-4-18(5-3-16)28-19-7-9-25(10-8-19)17-13-27-14-17;1-14-12-13(8-4-2-5-9-13)15-10-6-3-7-11-15/h1-6,11-12,17,19,24H,7-10,13-14,23H2;14H,2-12H2,1H3. The van der Waals surface area contributed by atoms with Gasteiger partial charge < -0.3 is 20.5 Å². The van der Waals surface area contributed by atoms with E-state index in [4.69, 9.17) is 20.6 Å². The van der Waals surface area contributed by atoms with E-state index in [1.807, 2.05) is 24.3 Å². The summed E-state index contributed by atoms with van der Waals surface area (Å²) in [6, 6.07) is 13.1. The van der Waals surface area contributed by atoms with Crippen LogP contribution in [-0.4, -0.2) is 92.5 Å². The van der Waals surface area contributed by atoms with Crippen molar-refractivity contribution in [3.05, 3.63) is 59.2 Å². The summed E-state index contributed by atoms with van der Waals surface area (Å²) in [4.78, 5) is 16.3. The number of benzene rings is 2. The molecule has 1 saturated carbocycles. The highest BCUT2D eigenvalue weighted by atomic mass is 16.5. The van der Waals surface area contributed by atoms with E-state index >= 15 is 0 Å². The summed E-state index contributed by atoms with van der Waals surface area (Å²) in [6.45, 7) is 7.72. The van der Waals surface area contributed by atoms with Crippen molar-refractivity contribution >= 4 is 17.7 Å². The van der Waals surface area contributed by atoms with E-state index in [0.717, 1.165) is 56.7 Å². The number of nitrogen functional groups attached to an aromatic ring is 1. The molecule has 0 amide bonds. The van der Waals surface area contributed by atoms with Gasteiger partial charge in [0.1, 0.15) is 18.1 Å². The lowest BCUT2D eigenvalue weighted by Gasteiger charge is -2.48. The van der Waals surface area contributed by atoms with Crippen molar-refractivity contribution in [3.8, 4) is 5.75 Å². The number of piperidine rings is 2. The highest BCUT2D eigenvalue weighted by molar-refractivity contribution is 6.14. The molecule has 0 bridgehead atoms. The summed E-state index contributed by atoms with van der Waals surface area (Å²) in [5, 5.41) is 11.9. The van der Waals surface area contributed by atoms with E-state index in [2.05, 4.69) is 22.2 Å². The van der Waals surface area contributed by atoms with Crippen LogP contribution in [0, 0.1) is 5.41 Å². The van der Waals surface area contributed by atoms with Crippen LogP contribution >= 0.6 is 0 Å². The summed E-state index contributed by atoms with van der Waals surface area (Å²) in [6.07, 6.45) is 14.5.